The van der Waals surface area contributed by atoms with Crippen LogP contribution in [0.2, 0.25) is 5.02 Å². The summed E-state index contributed by atoms with van der Waals surface area (Å²) < 4.78 is 25.1. The Hall–Kier alpha value is -2.68. The third-order valence-electron chi connectivity index (χ3n) is 8.78. The van der Waals surface area contributed by atoms with Crippen LogP contribution in [0.3, 0.4) is 0 Å². The average molecular weight is 566 g/mol. The van der Waals surface area contributed by atoms with E-state index in [4.69, 9.17) is 21.6 Å². The van der Waals surface area contributed by atoms with Crippen LogP contribution in [-0.4, -0.2) is 67.8 Å². The maximum Gasteiger partial charge on any atom is 0.175 e. The highest BCUT2D eigenvalue weighted by molar-refractivity contribution is 7.94. The number of hydrogen-bond acceptors (Lipinski definition) is 7. The van der Waals surface area contributed by atoms with Crippen molar-refractivity contribution in [2.45, 2.75) is 56.4 Å². The average Bonchev–Trinajstić information content (AvgIpc) is 3.61. The van der Waals surface area contributed by atoms with Crippen molar-refractivity contribution in [1.82, 2.24) is 14.9 Å². The molecule has 7 nitrogen and oxygen atoms in total. The number of halogens is 1. The molecule has 4 heterocycles. The molecule has 6 rings (SSSR count). The van der Waals surface area contributed by atoms with Gasteiger partial charge in [-0.2, -0.15) is 0 Å². The molecule has 3 aliphatic rings. The molecular formula is C30H36ClN5O2S. The highest BCUT2D eigenvalue weighted by Crippen LogP contribution is 2.37. The van der Waals surface area contributed by atoms with Gasteiger partial charge in [-0.25, -0.2) is 18.4 Å². The van der Waals surface area contributed by atoms with Gasteiger partial charge in [0.2, 0.25) is 0 Å². The maximum absolute atomic E-state index is 12.5. The van der Waals surface area contributed by atoms with Gasteiger partial charge in [0.15, 0.2) is 9.84 Å². The Morgan fingerprint density at radius 2 is 1.90 bits per heavy atom. The first-order chi connectivity index (χ1) is 18.8. The molecule has 9 heteroatoms. The molecule has 2 fully saturated rings. The lowest BCUT2D eigenvalue weighted by molar-refractivity contribution is 0.295. The molecule has 2 atom stereocenters. The Labute approximate surface area is 236 Å². The van der Waals surface area contributed by atoms with Crippen LogP contribution in [0.5, 0.6) is 0 Å². The Bertz CT molecular complexity index is 1510. The van der Waals surface area contributed by atoms with E-state index in [1.165, 1.54) is 12.8 Å². The van der Waals surface area contributed by atoms with E-state index in [-0.39, 0.29) is 0 Å². The van der Waals surface area contributed by atoms with Crippen molar-refractivity contribution in [3.8, 4) is 0 Å². The monoisotopic (exact) mass is 565 g/mol. The lowest BCUT2D eigenvalue weighted by Gasteiger charge is -2.33. The van der Waals surface area contributed by atoms with Crippen molar-refractivity contribution in [3.63, 3.8) is 0 Å². The van der Waals surface area contributed by atoms with Crippen molar-refractivity contribution in [2.75, 3.05) is 43.0 Å². The second-order valence-electron chi connectivity index (χ2n) is 11.1. The number of aromatic nitrogens is 2. The van der Waals surface area contributed by atoms with Crippen LogP contribution in [0, 0.1) is 0 Å². The van der Waals surface area contributed by atoms with Crippen LogP contribution in [-0.2, 0) is 29.2 Å². The molecule has 3 aliphatic heterocycles. The molecule has 2 aromatic carbocycles. The highest BCUT2D eigenvalue weighted by Gasteiger charge is 2.35. The molecule has 0 spiro atoms. The highest BCUT2D eigenvalue weighted by atomic mass is 35.5. The van der Waals surface area contributed by atoms with E-state index in [0.717, 1.165) is 82.1 Å². The minimum absolute atomic E-state index is 0.436. The topological polar surface area (TPSA) is 69.6 Å². The summed E-state index contributed by atoms with van der Waals surface area (Å²) >= 11 is 6.68. The first-order valence-electron chi connectivity index (χ1n) is 14.0. The zero-order valence-electron chi connectivity index (χ0n) is 22.5. The van der Waals surface area contributed by atoms with Gasteiger partial charge in [0.1, 0.15) is 11.6 Å². The number of likely N-dealkylation sites (tertiary alicyclic amines) is 1. The summed E-state index contributed by atoms with van der Waals surface area (Å²) in [6, 6.07) is 12.9. The van der Waals surface area contributed by atoms with E-state index < -0.39 is 15.1 Å². The molecule has 1 aromatic heterocycles. The fourth-order valence-corrected chi connectivity index (χ4v) is 7.92. The zero-order chi connectivity index (χ0) is 27.1. The summed E-state index contributed by atoms with van der Waals surface area (Å²) in [7, 11) is -1.11. The molecule has 1 unspecified atom stereocenters. The van der Waals surface area contributed by atoms with Gasteiger partial charge in [-0.1, -0.05) is 42.4 Å². The van der Waals surface area contributed by atoms with Crippen LogP contribution in [0.1, 0.15) is 42.8 Å². The SMILES string of the molecule is C=CS(=O)(=O)C1CCN(c2nc(CC[C@@H]3CCCN3C)nc3c2CCN(c2cccc4cccc(Cl)c24)C3)C1. The number of fused-ring (bicyclic) bond motifs is 2. The standard InChI is InChI=1S/C30H36ClN5O2S/c1-3-39(37,38)23-14-17-36(19-23)30-24-15-18-35(27-11-5-8-21-7-4-10-25(31)29(21)27)20-26(24)32-28(33-30)13-12-22-9-6-16-34(22)2/h3-5,7-8,10-11,22-23H,1,6,9,12-20H2,2H3/t22-,23?/m0/s1. The van der Waals surface area contributed by atoms with Gasteiger partial charge in [0.05, 0.1) is 22.5 Å². The summed E-state index contributed by atoms with van der Waals surface area (Å²) in [6.07, 6.45) is 5.70. The number of nitrogens with zero attached hydrogens (tertiary/aromatic N) is 5. The minimum atomic E-state index is -3.31. The van der Waals surface area contributed by atoms with Crippen LogP contribution in [0.25, 0.3) is 10.8 Å². The summed E-state index contributed by atoms with van der Waals surface area (Å²) in [5, 5.41) is 3.62. The van der Waals surface area contributed by atoms with Gasteiger partial charge in [-0.05, 0) is 63.2 Å². The first-order valence-corrected chi connectivity index (χ1v) is 15.9. The molecule has 0 aliphatic carbocycles. The summed E-state index contributed by atoms with van der Waals surface area (Å²) in [6.45, 7) is 7.31. The van der Waals surface area contributed by atoms with Gasteiger partial charge in [0.25, 0.3) is 0 Å². The summed E-state index contributed by atoms with van der Waals surface area (Å²) in [5.74, 6) is 1.78. The summed E-state index contributed by atoms with van der Waals surface area (Å²) in [4.78, 5) is 17.2. The third kappa shape index (κ3) is 5.14. The van der Waals surface area contributed by atoms with Gasteiger partial charge >= 0.3 is 0 Å². The number of rotatable bonds is 7. The van der Waals surface area contributed by atoms with Gasteiger partial charge < -0.3 is 14.7 Å². The smallest absolute Gasteiger partial charge is 0.175 e. The van der Waals surface area contributed by atoms with Gasteiger partial charge in [-0.15, -0.1) is 0 Å². The van der Waals surface area contributed by atoms with E-state index in [0.29, 0.717) is 32.1 Å². The predicted octanol–water partition coefficient (Wildman–Crippen LogP) is 5.01. The molecule has 0 bridgehead atoms. The number of aryl methyl sites for hydroxylation is 1. The molecule has 39 heavy (non-hydrogen) atoms. The minimum Gasteiger partial charge on any atom is -0.365 e. The number of benzene rings is 2. The van der Waals surface area contributed by atoms with Crippen LogP contribution in [0.15, 0.2) is 48.4 Å². The molecular weight excluding hydrogens is 530 g/mol. The largest absolute Gasteiger partial charge is 0.365 e. The van der Waals surface area contributed by atoms with E-state index in [2.05, 4.69) is 52.6 Å². The zero-order valence-corrected chi connectivity index (χ0v) is 24.1. The van der Waals surface area contributed by atoms with Crippen molar-refractivity contribution in [2.24, 2.45) is 0 Å². The van der Waals surface area contributed by atoms with E-state index in [1.807, 2.05) is 12.1 Å². The van der Waals surface area contributed by atoms with E-state index in [9.17, 15) is 8.42 Å². The van der Waals surface area contributed by atoms with Crippen molar-refractivity contribution in [3.05, 3.63) is 70.5 Å². The molecule has 2 saturated heterocycles. The van der Waals surface area contributed by atoms with E-state index in [1.54, 1.807) is 0 Å². The molecule has 0 N–H and O–H groups in total. The Balaban J connectivity index is 1.34. The predicted molar refractivity (Wildman–Crippen MR) is 159 cm³/mol. The number of hydrogen-bond donors (Lipinski definition) is 0. The quantitative estimate of drug-likeness (QED) is 0.399. The van der Waals surface area contributed by atoms with Crippen molar-refractivity contribution >= 4 is 43.7 Å². The molecule has 3 aromatic rings. The van der Waals surface area contributed by atoms with Gasteiger partial charge in [-0.3, -0.25) is 0 Å². The molecule has 0 saturated carbocycles. The number of sulfone groups is 1. The number of anilines is 2. The van der Waals surface area contributed by atoms with Crippen molar-refractivity contribution < 1.29 is 8.42 Å². The second kappa shape index (κ2) is 10.7. The molecule has 0 amide bonds. The maximum atomic E-state index is 12.5. The lowest BCUT2D eigenvalue weighted by atomic mass is 10.0. The normalized spacial score (nSPS) is 22.0. The Morgan fingerprint density at radius 3 is 2.67 bits per heavy atom. The second-order valence-corrected chi connectivity index (χ2v) is 13.7. The van der Waals surface area contributed by atoms with Crippen molar-refractivity contribution in [1.29, 1.82) is 0 Å². The lowest BCUT2D eigenvalue weighted by Crippen LogP contribution is -2.35. The first kappa shape index (κ1) is 26.5. The third-order valence-corrected chi connectivity index (χ3v) is 10.9. The van der Waals surface area contributed by atoms with Gasteiger partial charge in [0, 0.05) is 54.1 Å². The Kier molecular flexibility index (Phi) is 7.29. The Morgan fingerprint density at radius 1 is 1.08 bits per heavy atom. The van der Waals surface area contributed by atoms with E-state index >= 15 is 0 Å². The molecule has 206 valence electrons. The molecule has 0 radical (unpaired) electrons. The summed E-state index contributed by atoms with van der Waals surface area (Å²) in [5.41, 5.74) is 3.31. The fraction of sp³-hybridized carbons (Fsp3) is 0.467. The van der Waals surface area contributed by atoms with Crippen LogP contribution in [0.4, 0.5) is 11.5 Å². The fourth-order valence-electron chi connectivity index (χ4n) is 6.54. The van der Waals surface area contributed by atoms with Crippen LogP contribution >= 0.6 is 11.6 Å². The van der Waals surface area contributed by atoms with Crippen LogP contribution < -0.4 is 9.80 Å².